The summed E-state index contributed by atoms with van der Waals surface area (Å²) in [5.41, 5.74) is 2.74. The van der Waals surface area contributed by atoms with Gasteiger partial charge in [0.1, 0.15) is 10.9 Å². The predicted octanol–water partition coefficient (Wildman–Crippen LogP) is 8.24. The zero-order valence-electron chi connectivity index (χ0n) is 23.7. The molecule has 6 rings (SSSR count). The monoisotopic (exact) mass is 646 g/mol. The minimum absolute atomic E-state index is 0.113. The molecule has 3 amide bonds. The molecule has 0 spiro atoms. The van der Waals surface area contributed by atoms with Crippen LogP contribution in [0.15, 0.2) is 137 Å². The third-order valence-corrected chi connectivity index (χ3v) is 9.59. The number of nitrogens with zero attached hydrogens (tertiary/aromatic N) is 1. The van der Waals surface area contributed by atoms with Gasteiger partial charge in [-0.25, -0.2) is 4.98 Å². The molecule has 10 heteroatoms. The molecule has 0 bridgehead atoms. The Bertz CT molecular complexity index is 1940. The van der Waals surface area contributed by atoms with E-state index in [2.05, 4.69) is 20.9 Å². The zero-order valence-corrected chi connectivity index (χ0v) is 26.1. The number of rotatable bonds is 10. The van der Waals surface area contributed by atoms with Crippen molar-refractivity contribution in [1.29, 1.82) is 0 Å². The Balaban J connectivity index is 1.21. The van der Waals surface area contributed by atoms with Gasteiger partial charge in [-0.2, -0.15) is 0 Å². The van der Waals surface area contributed by atoms with Gasteiger partial charge in [0.05, 0.1) is 10.2 Å². The molecule has 45 heavy (non-hydrogen) atoms. The molecule has 0 aliphatic heterocycles. The molecule has 0 aliphatic rings. The molecule has 0 aliphatic carbocycles. The highest BCUT2D eigenvalue weighted by atomic mass is 32.2. The van der Waals surface area contributed by atoms with Crippen LogP contribution in [-0.2, 0) is 9.59 Å². The second-order valence-corrected chi connectivity index (χ2v) is 12.9. The van der Waals surface area contributed by atoms with Crippen molar-refractivity contribution in [3.63, 3.8) is 0 Å². The van der Waals surface area contributed by atoms with Crippen LogP contribution in [0.25, 0.3) is 16.3 Å². The lowest BCUT2D eigenvalue weighted by Crippen LogP contribution is -2.30. The number of thiazole rings is 1. The summed E-state index contributed by atoms with van der Waals surface area (Å²) in [6.45, 7) is 0. The van der Waals surface area contributed by atoms with Gasteiger partial charge in [-0.3, -0.25) is 14.4 Å². The highest BCUT2D eigenvalue weighted by Gasteiger charge is 2.24. The summed E-state index contributed by atoms with van der Waals surface area (Å²) in [5, 5.41) is 10.5. The summed E-state index contributed by atoms with van der Waals surface area (Å²) in [7, 11) is 0. The number of amides is 3. The zero-order chi connectivity index (χ0) is 31.0. The van der Waals surface area contributed by atoms with Crippen LogP contribution in [0.4, 0.5) is 10.8 Å². The average molecular weight is 647 g/mol. The molecular weight excluding hydrogens is 621 g/mol. The summed E-state index contributed by atoms with van der Waals surface area (Å²) in [6.07, 6.45) is 1.65. The van der Waals surface area contributed by atoms with Crippen LogP contribution in [0.2, 0.25) is 0 Å². The first kappa shape index (κ1) is 30.0. The van der Waals surface area contributed by atoms with Gasteiger partial charge in [0.25, 0.3) is 11.8 Å². The maximum Gasteiger partial charge on any atom is 0.272 e. The lowest BCUT2D eigenvalue weighted by atomic mass is 10.1. The second kappa shape index (κ2) is 14.2. The number of benzene rings is 4. The van der Waals surface area contributed by atoms with Crippen molar-refractivity contribution < 1.29 is 14.4 Å². The third kappa shape index (κ3) is 7.74. The van der Waals surface area contributed by atoms with E-state index in [0.29, 0.717) is 16.4 Å². The Morgan fingerprint density at radius 1 is 0.778 bits per heavy atom. The Hall–Kier alpha value is -5.03. The maximum atomic E-state index is 13.6. The molecule has 1 unspecified atom stereocenters. The standard InChI is InChI=1S/C35H26N4O3S3/c40-32(24-13-5-2-6-14-24)37-29(22-26-17-10-20-43-26)33(41)36-25-15-9-16-27(21-25)44-31(23-11-3-1-4-12-23)34(42)39-35-38-28-18-7-8-19-30(28)45-35/h1-22,31H,(H,36,41)(H,37,40)(H,38,39,42)/b29-22-. The number of thioether (sulfide) groups is 1. The second-order valence-electron chi connectivity index (χ2n) is 9.76. The Morgan fingerprint density at radius 3 is 2.29 bits per heavy atom. The summed E-state index contributed by atoms with van der Waals surface area (Å²) < 4.78 is 0.993. The van der Waals surface area contributed by atoms with Crippen LogP contribution in [0.5, 0.6) is 0 Å². The van der Waals surface area contributed by atoms with Gasteiger partial charge in [-0.1, -0.05) is 84.1 Å². The maximum absolute atomic E-state index is 13.6. The van der Waals surface area contributed by atoms with Gasteiger partial charge in [0.2, 0.25) is 5.91 Å². The molecule has 4 aromatic carbocycles. The van der Waals surface area contributed by atoms with Crippen molar-refractivity contribution in [2.24, 2.45) is 0 Å². The van der Waals surface area contributed by atoms with E-state index >= 15 is 0 Å². The molecule has 7 nitrogen and oxygen atoms in total. The SMILES string of the molecule is O=C(Nc1cccc(SC(C(=O)Nc2nc3ccccc3s2)c2ccccc2)c1)/C(=C/c1cccs1)NC(=O)c1ccccc1. The van der Waals surface area contributed by atoms with Crippen molar-refractivity contribution in [3.05, 3.63) is 148 Å². The first-order valence-corrected chi connectivity index (χ1v) is 16.5. The van der Waals surface area contributed by atoms with E-state index in [1.807, 2.05) is 96.4 Å². The number of hydrogen-bond acceptors (Lipinski definition) is 7. The quantitative estimate of drug-likeness (QED) is 0.103. The minimum atomic E-state index is -0.580. The molecule has 0 fully saturated rings. The molecule has 0 saturated heterocycles. The average Bonchev–Trinajstić information content (AvgIpc) is 3.74. The van der Waals surface area contributed by atoms with E-state index in [4.69, 9.17) is 0 Å². The molecule has 0 radical (unpaired) electrons. The molecule has 0 saturated carbocycles. The fourth-order valence-corrected chi connectivity index (χ4v) is 7.05. The summed E-state index contributed by atoms with van der Waals surface area (Å²) in [6, 6.07) is 37.0. The van der Waals surface area contributed by atoms with Crippen molar-refractivity contribution >= 4 is 79.3 Å². The van der Waals surface area contributed by atoms with Crippen LogP contribution < -0.4 is 16.0 Å². The number of anilines is 2. The van der Waals surface area contributed by atoms with Crippen molar-refractivity contribution in [2.45, 2.75) is 10.1 Å². The third-order valence-electron chi connectivity index (χ3n) is 6.57. The number of thiophene rings is 1. The molecule has 3 N–H and O–H groups in total. The predicted molar refractivity (Wildman–Crippen MR) is 185 cm³/mol. The fraction of sp³-hybridized carbons (Fsp3) is 0.0286. The van der Waals surface area contributed by atoms with E-state index in [1.54, 1.807) is 36.4 Å². The Labute approximate surface area is 272 Å². The van der Waals surface area contributed by atoms with Crippen molar-refractivity contribution in [2.75, 3.05) is 10.6 Å². The van der Waals surface area contributed by atoms with Gasteiger partial charge >= 0.3 is 0 Å². The topological polar surface area (TPSA) is 100 Å². The number of hydrogen-bond donors (Lipinski definition) is 3. The molecule has 222 valence electrons. The van der Waals surface area contributed by atoms with Gasteiger partial charge in [-0.15, -0.1) is 23.1 Å². The smallest absolute Gasteiger partial charge is 0.272 e. The number of para-hydroxylation sites is 1. The molecule has 2 heterocycles. The molecule has 6 aromatic rings. The largest absolute Gasteiger partial charge is 0.321 e. The van der Waals surface area contributed by atoms with Crippen LogP contribution in [-0.4, -0.2) is 22.7 Å². The Morgan fingerprint density at radius 2 is 1.53 bits per heavy atom. The number of nitrogens with one attached hydrogen (secondary N) is 3. The Kier molecular flexibility index (Phi) is 9.45. The number of fused-ring (bicyclic) bond motifs is 1. The fourth-order valence-electron chi connectivity index (χ4n) is 4.44. The normalized spacial score (nSPS) is 12.0. The number of carbonyl (C=O) groups excluding carboxylic acids is 3. The van der Waals surface area contributed by atoms with Crippen LogP contribution in [0.3, 0.4) is 0 Å². The van der Waals surface area contributed by atoms with E-state index in [1.165, 1.54) is 34.4 Å². The van der Waals surface area contributed by atoms with Crippen LogP contribution in [0.1, 0.15) is 26.0 Å². The highest BCUT2D eigenvalue weighted by molar-refractivity contribution is 8.00. The first-order chi connectivity index (χ1) is 22.0. The lowest BCUT2D eigenvalue weighted by molar-refractivity contribution is -0.116. The summed E-state index contributed by atoms with van der Waals surface area (Å²) in [5.74, 6) is -1.06. The first-order valence-electron chi connectivity index (χ1n) is 13.9. The van der Waals surface area contributed by atoms with E-state index < -0.39 is 11.2 Å². The molecule has 1 atom stereocenters. The van der Waals surface area contributed by atoms with E-state index in [9.17, 15) is 14.4 Å². The van der Waals surface area contributed by atoms with Gasteiger partial charge in [-0.05, 0) is 65.6 Å². The van der Waals surface area contributed by atoms with Gasteiger partial charge in [0, 0.05) is 21.0 Å². The van der Waals surface area contributed by atoms with Crippen molar-refractivity contribution in [1.82, 2.24) is 10.3 Å². The van der Waals surface area contributed by atoms with Crippen molar-refractivity contribution in [3.8, 4) is 0 Å². The minimum Gasteiger partial charge on any atom is -0.321 e. The van der Waals surface area contributed by atoms with Crippen LogP contribution in [0, 0.1) is 0 Å². The molecule has 2 aromatic heterocycles. The number of carbonyl (C=O) groups is 3. The summed E-state index contributed by atoms with van der Waals surface area (Å²) in [4.78, 5) is 46.2. The van der Waals surface area contributed by atoms with E-state index in [-0.39, 0.29) is 17.5 Å². The molecular formula is C35H26N4O3S3. The van der Waals surface area contributed by atoms with Gasteiger partial charge in [0.15, 0.2) is 5.13 Å². The highest BCUT2D eigenvalue weighted by Crippen LogP contribution is 2.38. The summed E-state index contributed by atoms with van der Waals surface area (Å²) >= 11 is 4.25. The van der Waals surface area contributed by atoms with E-state index in [0.717, 1.165) is 25.6 Å². The van der Waals surface area contributed by atoms with Crippen LogP contribution >= 0.6 is 34.4 Å². The number of aromatic nitrogens is 1. The lowest BCUT2D eigenvalue weighted by Gasteiger charge is -2.17. The van der Waals surface area contributed by atoms with Gasteiger partial charge < -0.3 is 16.0 Å².